The van der Waals surface area contributed by atoms with Crippen molar-refractivity contribution < 1.29 is 9.18 Å². The molecule has 1 aromatic carbocycles. The monoisotopic (exact) mass is 260 g/mol. The number of hydrazine groups is 1. The Morgan fingerprint density at radius 2 is 2.14 bits per heavy atom. The van der Waals surface area contributed by atoms with Gasteiger partial charge in [0.2, 0.25) is 0 Å². The summed E-state index contributed by atoms with van der Waals surface area (Å²) < 4.78 is 13.7. The van der Waals surface area contributed by atoms with Gasteiger partial charge >= 0.3 is 0 Å². The molecule has 1 amide bonds. The maximum Gasteiger partial charge on any atom is 0.269 e. The smallest absolute Gasteiger partial charge is 0.269 e. The van der Waals surface area contributed by atoms with E-state index in [1.807, 2.05) is 0 Å². The lowest BCUT2D eigenvalue weighted by Gasteiger charge is -2.12. The van der Waals surface area contributed by atoms with Gasteiger partial charge in [0.05, 0.1) is 5.56 Å². The van der Waals surface area contributed by atoms with E-state index in [9.17, 15) is 9.18 Å². The van der Waals surface area contributed by atoms with Crippen LogP contribution in [0.4, 0.5) is 4.39 Å². The van der Waals surface area contributed by atoms with Crippen LogP contribution in [0.5, 0.6) is 0 Å². The molecule has 0 heterocycles. The highest BCUT2D eigenvalue weighted by Gasteiger charge is 2.15. The molecule has 1 N–H and O–H groups in total. The van der Waals surface area contributed by atoms with E-state index in [-0.39, 0.29) is 5.56 Å². The predicted molar refractivity (Wildman–Crippen MR) is 55.3 cm³/mol. The van der Waals surface area contributed by atoms with Crippen molar-refractivity contribution in [3.8, 4) is 0 Å². The average molecular weight is 261 g/mol. The molecule has 0 radical (unpaired) electrons. The number of nitrogens with zero attached hydrogens (tertiary/aromatic N) is 1. The largest absolute Gasteiger partial charge is 0.285 e. The number of benzene rings is 1. The topological polar surface area (TPSA) is 32.3 Å². The minimum absolute atomic E-state index is 0.0150. The van der Waals surface area contributed by atoms with Gasteiger partial charge in [-0.1, -0.05) is 6.07 Å². The average Bonchev–Trinajstić information content (AvgIpc) is 2.01. The minimum Gasteiger partial charge on any atom is -0.285 e. The third kappa shape index (κ3) is 2.52. The van der Waals surface area contributed by atoms with Gasteiger partial charge in [-0.05, 0) is 28.1 Å². The number of hydrogen-bond acceptors (Lipinski definition) is 2. The molecule has 5 heteroatoms. The number of nitrogens with one attached hydrogen (secondary N) is 1. The first-order valence-corrected chi connectivity index (χ1v) is 4.74. The van der Waals surface area contributed by atoms with Crippen molar-refractivity contribution in [1.29, 1.82) is 0 Å². The van der Waals surface area contributed by atoms with Gasteiger partial charge in [-0.15, -0.1) is 0 Å². The molecule has 0 spiro atoms. The number of hydrogen-bond donors (Lipinski definition) is 1. The Morgan fingerprint density at radius 1 is 1.50 bits per heavy atom. The van der Waals surface area contributed by atoms with Gasteiger partial charge in [0.1, 0.15) is 5.82 Å². The van der Waals surface area contributed by atoms with Crippen LogP contribution in [0.3, 0.4) is 0 Å². The molecule has 0 aliphatic rings. The first-order valence-electron chi connectivity index (χ1n) is 3.94. The summed E-state index contributed by atoms with van der Waals surface area (Å²) in [4.78, 5) is 11.5. The second-order valence-electron chi connectivity index (χ2n) is 2.93. The predicted octanol–water partition coefficient (Wildman–Crippen LogP) is 1.79. The Kier molecular flexibility index (Phi) is 3.60. The Morgan fingerprint density at radius 3 is 2.64 bits per heavy atom. The van der Waals surface area contributed by atoms with E-state index < -0.39 is 11.7 Å². The van der Waals surface area contributed by atoms with Crippen molar-refractivity contribution in [2.75, 3.05) is 14.1 Å². The summed E-state index contributed by atoms with van der Waals surface area (Å²) in [5.74, 6) is -1.02. The van der Waals surface area contributed by atoms with E-state index in [0.717, 1.165) is 0 Å². The molecule has 0 aliphatic heterocycles. The molecule has 0 unspecified atom stereocenters. The number of halogens is 2. The second-order valence-corrected chi connectivity index (χ2v) is 3.79. The van der Waals surface area contributed by atoms with Crippen molar-refractivity contribution >= 4 is 21.8 Å². The fourth-order valence-electron chi connectivity index (χ4n) is 0.974. The molecular weight excluding hydrogens is 251 g/mol. The van der Waals surface area contributed by atoms with Crippen LogP contribution in [0.1, 0.15) is 10.4 Å². The van der Waals surface area contributed by atoms with Gasteiger partial charge in [-0.2, -0.15) is 0 Å². The van der Waals surface area contributed by atoms with Crippen molar-refractivity contribution in [3.05, 3.63) is 34.1 Å². The summed E-state index contributed by atoms with van der Waals surface area (Å²) in [6.07, 6.45) is 0. The van der Waals surface area contributed by atoms with Crippen LogP contribution in [0.25, 0.3) is 0 Å². The molecule has 0 saturated heterocycles. The van der Waals surface area contributed by atoms with Gasteiger partial charge in [0, 0.05) is 18.6 Å². The fourth-order valence-corrected chi connectivity index (χ4v) is 1.50. The molecule has 14 heavy (non-hydrogen) atoms. The van der Waals surface area contributed by atoms with Gasteiger partial charge in [0.25, 0.3) is 5.91 Å². The van der Waals surface area contributed by atoms with Crippen LogP contribution in [-0.4, -0.2) is 25.0 Å². The van der Waals surface area contributed by atoms with Crippen LogP contribution in [0, 0.1) is 5.82 Å². The second kappa shape index (κ2) is 4.52. The van der Waals surface area contributed by atoms with Crippen LogP contribution in [0.15, 0.2) is 22.7 Å². The summed E-state index contributed by atoms with van der Waals surface area (Å²) in [6, 6.07) is 4.40. The zero-order chi connectivity index (χ0) is 10.7. The first kappa shape index (κ1) is 11.1. The van der Waals surface area contributed by atoms with Crippen molar-refractivity contribution in [2.45, 2.75) is 0 Å². The highest BCUT2D eigenvalue weighted by atomic mass is 79.9. The van der Waals surface area contributed by atoms with Crippen molar-refractivity contribution in [3.63, 3.8) is 0 Å². The molecular formula is C9H10BrFN2O. The summed E-state index contributed by atoms with van der Waals surface area (Å²) in [7, 11) is 3.32. The summed E-state index contributed by atoms with van der Waals surface area (Å²) in [6.45, 7) is 0. The molecule has 0 aliphatic carbocycles. The van der Waals surface area contributed by atoms with Crippen LogP contribution < -0.4 is 5.43 Å². The molecule has 0 atom stereocenters. The molecule has 0 fully saturated rings. The molecule has 1 aromatic rings. The summed E-state index contributed by atoms with van der Waals surface area (Å²) >= 11 is 3.12. The van der Waals surface area contributed by atoms with E-state index in [0.29, 0.717) is 4.47 Å². The maximum absolute atomic E-state index is 13.2. The molecule has 0 bridgehead atoms. The Hall–Kier alpha value is -0.940. The maximum atomic E-state index is 13.2. The zero-order valence-corrected chi connectivity index (χ0v) is 9.43. The Balaban J connectivity index is 3.00. The van der Waals surface area contributed by atoms with Crippen molar-refractivity contribution in [2.24, 2.45) is 0 Å². The number of carbonyl (C=O) groups is 1. The number of carbonyl (C=O) groups excluding carboxylic acids is 1. The highest BCUT2D eigenvalue weighted by molar-refractivity contribution is 9.10. The summed E-state index contributed by atoms with van der Waals surface area (Å²) in [5, 5.41) is 1.46. The van der Waals surface area contributed by atoms with Gasteiger partial charge in [-0.25, -0.2) is 9.40 Å². The van der Waals surface area contributed by atoms with Crippen LogP contribution in [-0.2, 0) is 0 Å². The lowest BCUT2D eigenvalue weighted by atomic mass is 10.2. The van der Waals surface area contributed by atoms with Gasteiger partial charge < -0.3 is 0 Å². The molecule has 3 nitrogen and oxygen atoms in total. The normalized spacial score (nSPS) is 10.4. The van der Waals surface area contributed by atoms with Gasteiger partial charge in [-0.3, -0.25) is 10.2 Å². The quantitative estimate of drug-likeness (QED) is 0.823. The molecule has 1 rings (SSSR count). The first-order chi connectivity index (χ1) is 6.52. The van der Waals surface area contributed by atoms with E-state index in [2.05, 4.69) is 21.4 Å². The molecule has 0 aromatic heterocycles. The standard InChI is InChI=1S/C9H10BrFN2O/c1-13(2)12-9(14)8-6(10)4-3-5-7(8)11/h3-5H,1-2H3,(H,12,14). The fraction of sp³-hybridized carbons (Fsp3) is 0.222. The Labute approximate surface area is 90.0 Å². The van der Waals surface area contributed by atoms with Crippen LogP contribution in [0.2, 0.25) is 0 Å². The van der Waals surface area contributed by atoms with E-state index >= 15 is 0 Å². The third-order valence-corrected chi connectivity index (χ3v) is 2.18. The molecule has 0 saturated carbocycles. The SMILES string of the molecule is CN(C)NC(=O)c1c(F)cccc1Br. The van der Waals surface area contributed by atoms with E-state index in [4.69, 9.17) is 0 Å². The zero-order valence-electron chi connectivity index (χ0n) is 7.84. The lowest BCUT2D eigenvalue weighted by Crippen LogP contribution is -2.36. The number of rotatable bonds is 2. The van der Waals surface area contributed by atoms with Gasteiger partial charge in [0.15, 0.2) is 0 Å². The third-order valence-electron chi connectivity index (χ3n) is 1.51. The summed E-state index contributed by atoms with van der Waals surface area (Å²) in [5.41, 5.74) is 2.48. The van der Waals surface area contributed by atoms with Crippen LogP contribution >= 0.6 is 15.9 Å². The van der Waals surface area contributed by atoms with E-state index in [1.54, 1.807) is 20.2 Å². The highest BCUT2D eigenvalue weighted by Crippen LogP contribution is 2.19. The van der Waals surface area contributed by atoms with E-state index in [1.165, 1.54) is 17.1 Å². The Bertz CT molecular complexity index is 334. The molecule has 76 valence electrons. The van der Waals surface area contributed by atoms with Crippen molar-refractivity contribution in [1.82, 2.24) is 10.4 Å². The number of amides is 1. The lowest BCUT2D eigenvalue weighted by molar-refractivity contribution is 0.0851. The minimum atomic E-state index is -0.543.